The van der Waals surface area contributed by atoms with Gasteiger partial charge < -0.3 is 15.4 Å². The number of nitrogens with one attached hydrogen (secondary N) is 2. The summed E-state index contributed by atoms with van der Waals surface area (Å²) in [5.41, 5.74) is 1.87. The fourth-order valence-electron chi connectivity index (χ4n) is 2.33. The highest BCUT2D eigenvalue weighted by molar-refractivity contribution is 5.93. The van der Waals surface area contributed by atoms with E-state index in [9.17, 15) is 4.79 Å². The third kappa shape index (κ3) is 3.78. The molecule has 1 aliphatic rings. The summed E-state index contributed by atoms with van der Waals surface area (Å²) in [6.07, 6.45) is 2.64. The lowest BCUT2D eigenvalue weighted by Gasteiger charge is -2.20. The maximum absolute atomic E-state index is 11.4. The van der Waals surface area contributed by atoms with Gasteiger partial charge in [0.15, 0.2) is 0 Å². The Morgan fingerprint density at radius 1 is 1.42 bits per heavy atom. The Labute approximate surface area is 114 Å². The molecule has 0 aromatic heterocycles. The lowest BCUT2D eigenvalue weighted by atomic mass is 10.1. The minimum atomic E-state index is -0.0489. The highest BCUT2D eigenvalue weighted by Gasteiger charge is 2.21. The van der Waals surface area contributed by atoms with Gasteiger partial charge in [0.25, 0.3) is 5.91 Å². The Bertz CT molecular complexity index is 411. The number of rotatable bonds is 5. The van der Waals surface area contributed by atoms with Crippen molar-refractivity contribution in [3.8, 4) is 0 Å². The maximum atomic E-state index is 11.4. The molecule has 4 heteroatoms. The quantitative estimate of drug-likeness (QED) is 0.849. The molecule has 2 atom stereocenters. The van der Waals surface area contributed by atoms with Crippen molar-refractivity contribution in [2.45, 2.75) is 38.5 Å². The number of carbonyl (C=O) groups excluding carboxylic acids is 1. The molecule has 1 aromatic rings. The first-order valence-electron chi connectivity index (χ1n) is 6.86. The molecule has 0 saturated carbocycles. The van der Waals surface area contributed by atoms with Crippen molar-refractivity contribution in [3.05, 3.63) is 35.4 Å². The number of hydrogen-bond acceptors (Lipinski definition) is 3. The Kier molecular flexibility index (Phi) is 4.93. The van der Waals surface area contributed by atoms with Crippen LogP contribution in [0.15, 0.2) is 24.3 Å². The van der Waals surface area contributed by atoms with Crippen LogP contribution < -0.4 is 10.6 Å². The van der Waals surface area contributed by atoms with Crippen molar-refractivity contribution in [1.29, 1.82) is 0 Å². The summed E-state index contributed by atoms with van der Waals surface area (Å²) in [6, 6.07) is 8.04. The van der Waals surface area contributed by atoms with E-state index in [1.807, 2.05) is 24.3 Å². The van der Waals surface area contributed by atoms with Gasteiger partial charge in [-0.15, -0.1) is 0 Å². The fourth-order valence-corrected chi connectivity index (χ4v) is 2.33. The zero-order chi connectivity index (χ0) is 13.7. The minimum Gasteiger partial charge on any atom is -0.377 e. The van der Waals surface area contributed by atoms with Crippen molar-refractivity contribution in [2.24, 2.45) is 0 Å². The Morgan fingerprint density at radius 2 is 2.16 bits per heavy atom. The predicted molar refractivity (Wildman–Crippen MR) is 75.1 cm³/mol. The lowest BCUT2D eigenvalue weighted by molar-refractivity contribution is 0.0832. The Morgan fingerprint density at radius 3 is 2.74 bits per heavy atom. The molecule has 2 rings (SSSR count). The van der Waals surface area contributed by atoms with Gasteiger partial charge in [-0.25, -0.2) is 0 Å². The first-order chi connectivity index (χ1) is 9.20. The van der Waals surface area contributed by atoms with E-state index in [0.29, 0.717) is 17.7 Å². The Hall–Kier alpha value is -1.39. The van der Waals surface area contributed by atoms with E-state index in [0.717, 1.165) is 26.0 Å². The van der Waals surface area contributed by atoms with Crippen molar-refractivity contribution in [3.63, 3.8) is 0 Å². The van der Waals surface area contributed by atoms with E-state index >= 15 is 0 Å². The smallest absolute Gasteiger partial charge is 0.251 e. The average molecular weight is 262 g/mol. The van der Waals surface area contributed by atoms with E-state index in [1.54, 1.807) is 7.05 Å². The zero-order valence-corrected chi connectivity index (χ0v) is 11.6. The van der Waals surface area contributed by atoms with E-state index in [-0.39, 0.29) is 5.91 Å². The van der Waals surface area contributed by atoms with Gasteiger partial charge in [-0.1, -0.05) is 12.1 Å². The summed E-state index contributed by atoms with van der Waals surface area (Å²) in [5.74, 6) is -0.0489. The third-order valence-electron chi connectivity index (χ3n) is 3.59. The summed E-state index contributed by atoms with van der Waals surface area (Å²) < 4.78 is 5.65. The largest absolute Gasteiger partial charge is 0.377 e. The molecule has 0 spiro atoms. The van der Waals surface area contributed by atoms with Crippen LogP contribution in [0.3, 0.4) is 0 Å². The van der Waals surface area contributed by atoms with Gasteiger partial charge >= 0.3 is 0 Å². The molecule has 2 N–H and O–H groups in total. The molecule has 0 aliphatic carbocycles. The Balaban J connectivity index is 1.84. The van der Waals surface area contributed by atoms with Crippen LogP contribution in [0.5, 0.6) is 0 Å². The van der Waals surface area contributed by atoms with Crippen LogP contribution >= 0.6 is 0 Å². The monoisotopic (exact) mass is 262 g/mol. The van der Waals surface area contributed by atoms with Crippen LogP contribution in [0.4, 0.5) is 0 Å². The lowest BCUT2D eigenvalue weighted by Crippen LogP contribution is -2.36. The summed E-state index contributed by atoms with van der Waals surface area (Å²) >= 11 is 0. The second kappa shape index (κ2) is 6.68. The van der Waals surface area contributed by atoms with Gasteiger partial charge in [0, 0.05) is 31.8 Å². The van der Waals surface area contributed by atoms with Crippen LogP contribution in [-0.4, -0.2) is 31.7 Å². The van der Waals surface area contributed by atoms with Gasteiger partial charge in [0.05, 0.1) is 6.10 Å². The van der Waals surface area contributed by atoms with Crippen LogP contribution in [0.2, 0.25) is 0 Å². The number of carbonyl (C=O) groups is 1. The topological polar surface area (TPSA) is 50.4 Å². The molecule has 1 amide bonds. The molecule has 1 saturated heterocycles. The molecule has 1 aromatic carbocycles. The molecule has 2 unspecified atom stereocenters. The molecular weight excluding hydrogens is 240 g/mol. The van der Waals surface area contributed by atoms with E-state index in [2.05, 4.69) is 17.6 Å². The normalized spacial score (nSPS) is 20.2. The van der Waals surface area contributed by atoms with E-state index in [4.69, 9.17) is 4.74 Å². The minimum absolute atomic E-state index is 0.0489. The first kappa shape index (κ1) is 14.0. The highest BCUT2D eigenvalue weighted by Crippen LogP contribution is 2.15. The van der Waals surface area contributed by atoms with Crippen molar-refractivity contribution in [1.82, 2.24) is 10.6 Å². The zero-order valence-electron chi connectivity index (χ0n) is 11.6. The molecule has 0 radical (unpaired) electrons. The second-order valence-corrected chi connectivity index (χ2v) is 5.00. The maximum Gasteiger partial charge on any atom is 0.251 e. The van der Waals surface area contributed by atoms with Crippen LogP contribution in [-0.2, 0) is 11.3 Å². The number of hydrogen-bond donors (Lipinski definition) is 2. The van der Waals surface area contributed by atoms with Gasteiger partial charge in [0.2, 0.25) is 0 Å². The van der Waals surface area contributed by atoms with Crippen molar-refractivity contribution < 1.29 is 9.53 Å². The molecule has 1 heterocycles. The van der Waals surface area contributed by atoms with E-state index in [1.165, 1.54) is 5.56 Å². The number of ether oxygens (including phenoxy) is 1. The number of benzene rings is 1. The fraction of sp³-hybridized carbons (Fsp3) is 0.533. The second-order valence-electron chi connectivity index (χ2n) is 5.00. The molecule has 104 valence electrons. The standard InChI is InChI=1S/C15H22N2O2/c1-11(14-4-3-9-19-14)17-10-12-5-7-13(8-6-12)15(18)16-2/h5-8,11,14,17H,3-4,9-10H2,1-2H3,(H,16,18). The first-order valence-corrected chi connectivity index (χ1v) is 6.86. The van der Waals surface area contributed by atoms with Gasteiger partial charge in [-0.2, -0.15) is 0 Å². The molecule has 1 fully saturated rings. The summed E-state index contributed by atoms with van der Waals surface area (Å²) in [4.78, 5) is 11.4. The molecule has 19 heavy (non-hydrogen) atoms. The average Bonchev–Trinajstić information content (AvgIpc) is 2.98. The summed E-state index contributed by atoms with van der Waals surface area (Å²) in [6.45, 7) is 3.85. The van der Waals surface area contributed by atoms with Gasteiger partial charge in [0.1, 0.15) is 0 Å². The summed E-state index contributed by atoms with van der Waals surface area (Å²) in [5, 5.41) is 6.09. The van der Waals surface area contributed by atoms with Crippen molar-refractivity contribution in [2.75, 3.05) is 13.7 Å². The summed E-state index contributed by atoms with van der Waals surface area (Å²) in [7, 11) is 1.64. The number of amides is 1. The van der Waals surface area contributed by atoms with Gasteiger partial charge in [-0.05, 0) is 37.5 Å². The molecular formula is C15H22N2O2. The van der Waals surface area contributed by atoms with Crippen LogP contribution in [0, 0.1) is 0 Å². The highest BCUT2D eigenvalue weighted by atomic mass is 16.5. The van der Waals surface area contributed by atoms with Crippen molar-refractivity contribution >= 4 is 5.91 Å². The SMILES string of the molecule is CNC(=O)c1ccc(CNC(C)C2CCCO2)cc1. The van der Waals surface area contributed by atoms with Crippen LogP contribution in [0.1, 0.15) is 35.7 Å². The molecule has 0 bridgehead atoms. The molecule has 1 aliphatic heterocycles. The van der Waals surface area contributed by atoms with Gasteiger partial charge in [-0.3, -0.25) is 4.79 Å². The predicted octanol–water partition coefficient (Wildman–Crippen LogP) is 1.70. The van der Waals surface area contributed by atoms with E-state index < -0.39 is 0 Å². The third-order valence-corrected chi connectivity index (χ3v) is 3.59. The molecule has 4 nitrogen and oxygen atoms in total. The van der Waals surface area contributed by atoms with Crippen LogP contribution in [0.25, 0.3) is 0 Å².